The van der Waals surface area contributed by atoms with Crippen molar-refractivity contribution in [2.24, 2.45) is 5.92 Å². The van der Waals surface area contributed by atoms with E-state index >= 15 is 0 Å². The molecule has 2 rings (SSSR count). The highest BCUT2D eigenvalue weighted by Crippen LogP contribution is 2.28. The average molecular weight is 322 g/mol. The van der Waals surface area contributed by atoms with Crippen molar-refractivity contribution in [3.8, 4) is 0 Å². The van der Waals surface area contributed by atoms with Gasteiger partial charge in [0.2, 0.25) is 15.9 Å². The van der Waals surface area contributed by atoms with Crippen molar-refractivity contribution in [1.29, 1.82) is 0 Å². The van der Waals surface area contributed by atoms with Gasteiger partial charge in [0.25, 0.3) is 0 Å². The third kappa shape index (κ3) is 3.08. The molecule has 1 aromatic carbocycles. The highest BCUT2D eigenvalue weighted by atomic mass is 32.2. The molecule has 1 saturated heterocycles. The van der Waals surface area contributed by atoms with Gasteiger partial charge in [0.1, 0.15) is 0 Å². The Hall–Kier alpha value is -1.66. The van der Waals surface area contributed by atoms with Crippen LogP contribution in [-0.2, 0) is 14.8 Å². The molecule has 22 heavy (non-hydrogen) atoms. The summed E-state index contributed by atoms with van der Waals surface area (Å²) in [4.78, 5) is 14.2. The van der Waals surface area contributed by atoms with Gasteiger partial charge in [-0.3, -0.25) is 4.79 Å². The van der Waals surface area contributed by atoms with Gasteiger partial charge in [0.15, 0.2) is 0 Å². The first-order valence-corrected chi connectivity index (χ1v) is 8.84. The number of hydrogen-bond acceptors (Lipinski definition) is 3. The van der Waals surface area contributed by atoms with Crippen molar-refractivity contribution in [2.75, 3.05) is 25.0 Å². The van der Waals surface area contributed by atoms with Gasteiger partial charge in [-0.05, 0) is 37.1 Å². The molecule has 120 valence electrons. The lowest BCUT2D eigenvalue weighted by Gasteiger charge is -2.18. The lowest BCUT2D eigenvalue weighted by molar-refractivity contribution is -0.120. The molecule has 0 saturated carbocycles. The quantitative estimate of drug-likeness (QED) is 0.755. The molecule has 5 nitrogen and oxygen atoms in total. The van der Waals surface area contributed by atoms with Crippen LogP contribution in [0.1, 0.15) is 19.8 Å². The number of sulfonamides is 1. The lowest BCUT2D eigenvalue weighted by Crippen LogP contribution is -2.28. The Morgan fingerprint density at radius 1 is 1.36 bits per heavy atom. The van der Waals surface area contributed by atoms with Gasteiger partial charge in [-0.25, -0.2) is 8.42 Å². The van der Waals surface area contributed by atoms with Gasteiger partial charge in [-0.1, -0.05) is 13.0 Å². The molecule has 1 aliphatic rings. The largest absolute Gasteiger partial charge is 0.312 e. The number of carbonyl (C=O) groups is 1. The third-order valence-electron chi connectivity index (χ3n) is 4.05. The van der Waals surface area contributed by atoms with E-state index < -0.39 is 10.0 Å². The van der Waals surface area contributed by atoms with Crippen LogP contribution >= 0.6 is 0 Å². The monoisotopic (exact) mass is 322 g/mol. The Labute approximate surface area is 132 Å². The van der Waals surface area contributed by atoms with Crippen LogP contribution in [0.2, 0.25) is 0 Å². The number of benzene rings is 1. The molecule has 0 aromatic heterocycles. The summed E-state index contributed by atoms with van der Waals surface area (Å²) in [7, 11) is -2.00. The van der Waals surface area contributed by atoms with Crippen molar-refractivity contribution in [2.45, 2.75) is 24.7 Å². The molecule has 0 bridgehead atoms. The van der Waals surface area contributed by atoms with Crippen molar-refractivity contribution in [3.05, 3.63) is 36.9 Å². The topological polar surface area (TPSA) is 57.7 Å². The second-order valence-electron chi connectivity index (χ2n) is 5.45. The maximum atomic E-state index is 12.3. The minimum atomic E-state index is -3.51. The first kappa shape index (κ1) is 16.7. The normalized spacial score (nSPS) is 19.0. The molecule has 0 N–H and O–H groups in total. The minimum Gasteiger partial charge on any atom is -0.312 e. The second-order valence-corrected chi connectivity index (χ2v) is 7.50. The standard InChI is InChI=1S/C16H22N2O3S/c1-4-11-17(3)22(20,21)15-8-6-14(7-9-15)18-12-10-13(5-2)16(18)19/h4,6-9,13H,1,5,10-12H2,2-3H3/t13-/m0/s1. The zero-order valence-electron chi connectivity index (χ0n) is 13.0. The van der Waals surface area contributed by atoms with Crippen LogP contribution in [0.5, 0.6) is 0 Å². The van der Waals surface area contributed by atoms with Crippen LogP contribution < -0.4 is 4.90 Å². The molecule has 1 heterocycles. The second kappa shape index (κ2) is 6.62. The summed E-state index contributed by atoms with van der Waals surface area (Å²) in [5.74, 6) is 0.212. The van der Waals surface area contributed by atoms with E-state index in [9.17, 15) is 13.2 Å². The first-order chi connectivity index (χ1) is 10.4. The van der Waals surface area contributed by atoms with E-state index in [2.05, 4.69) is 6.58 Å². The van der Waals surface area contributed by atoms with Gasteiger partial charge < -0.3 is 4.90 Å². The molecule has 0 unspecified atom stereocenters. The SMILES string of the molecule is C=CCN(C)S(=O)(=O)c1ccc(N2CC[C@H](CC)C2=O)cc1. The van der Waals surface area contributed by atoms with Crippen LogP contribution in [0.4, 0.5) is 5.69 Å². The molecule has 0 aliphatic carbocycles. The summed E-state index contributed by atoms with van der Waals surface area (Å²) < 4.78 is 25.9. The van der Waals surface area contributed by atoms with E-state index in [-0.39, 0.29) is 23.3 Å². The van der Waals surface area contributed by atoms with E-state index in [4.69, 9.17) is 0 Å². The zero-order chi connectivity index (χ0) is 16.3. The molecule has 1 fully saturated rings. The van der Waals surface area contributed by atoms with Gasteiger partial charge >= 0.3 is 0 Å². The Morgan fingerprint density at radius 2 is 2.00 bits per heavy atom. The molecule has 1 aliphatic heterocycles. The molecule has 0 spiro atoms. The average Bonchev–Trinajstić information content (AvgIpc) is 2.88. The zero-order valence-corrected chi connectivity index (χ0v) is 13.8. The van der Waals surface area contributed by atoms with Gasteiger partial charge in [0.05, 0.1) is 4.90 Å². The predicted octanol–water partition coefficient (Wildman–Crippen LogP) is 2.26. The Morgan fingerprint density at radius 3 is 2.50 bits per heavy atom. The van der Waals surface area contributed by atoms with E-state index in [0.29, 0.717) is 6.54 Å². The molecule has 0 radical (unpaired) electrons. The fraction of sp³-hybridized carbons (Fsp3) is 0.438. The first-order valence-electron chi connectivity index (χ1n) is 7.40. The van der Waals surface area contributed by atoms with Crippen LogP contribution in [0.15, 0.2) is 41.8 Å². The fourth-order valence-electron chi connectivity index (χ4n) is 2.63. The van der Waals surface area contributed by atoms with E-state index in [1.165, 1.54) is 11.4 Å². The highest BCUT2D eigenvalue weighted by molar-refractivity contribution is 7.89. The van der Waals surface area contributed by atoms with Crippen LogP contribution in [0, 0.1) is 5.92 Å². The number of nitrogens with zero attached hydrogens (tertiary/aromatic N) is 2. The summed E-state index contributed by atoms with van der Waals surface area (Å²) >= 11 is 0. The number of hydrogen-bond donors (Lipinski definition) is 0. The molecular formula is C16H22N2O3S. The molecule has 1 atom stereocenters. The van der Waals surface area contributed by atoms with Crippen LogP contribution in [0.3, 0.4) is 0 Å². The molecule has 6 heteroatoms. The Kier molecular flexibility index (Phi) is 5.03. The lowest BCUT2D eigenvalue weighted by atomic mass is 10.1. The molecule has 1 aromatic rings. The predicted molar refractivity (Wildman–Crippen MR) is 87.2 cm³/mol. The molecular weight excluding hydrogens is 300 g/mol. The highest BCUT2D eigenvalue weighted by Gasteiger charge is 2.31. The summed E-state index contributed by atoms with van der Waals surface area (Å²) in [6.07, 6.45) is 3.24. The number of likely N-dealkylation sites (N-methyl/N-ethyl adjacent to an activating group) is 1. The van der Waals surface area contributed by atoms with E-state index in [1.54, 1.807) is 35.2 Å². The smallest absolute Gasteiger partial charge is 0.243 e. The summed E-state index contributed by atoms with van der Waals surface area (Å²) in [5, 5.41) is 0. The van der Waals surface area contributed by atoms with Crippen LogP contribution in [0.25, 0.3) is 0 Å². The molecule has 1 amide bonds. The summed E-state index contributed by atoms with van der Waals surface area (Å²) in [6, 6.07) is 6.50. The summed E-state index contributed by atoms with van der Waals surface area (Å²) in [5.41, 5.74) is 0.756. The maximum Gasteiger partial charge on any atom is 0.243 e. The maximum absolute atomic E-state index is 12.3. The Balaban J connectivity index is 2.21. The number of rotatable bonds is 6. The summed E-state index contributed by atoms with van der Waals surface area (Å²) in [6.45, 7) is 6.51. The van der Waals surface area contributed by atoms with Gasteiger partial charge in [-0.15, -0.1) is 6.58 Å². The van der Waals surface area contributed by atoms with Gasteiger partial charge in [0, 0.05) is 31.7 Å². The number of carbonyl (C=O) groups excluding carboxylic acids is 1. The van der Waals surface area contributed by atoms with Crippen LogP contribution in [-0.4, -0.2) is 38.8 Å². The van der Waals surface area contributed by atoms with Crippen molar-refractivity contribution >= 4 is 21.6 Å². The number of anilines is 1. The Bertz CT molecular complexity index is 652. The van der Waals surface area contributed by atoms with Gasteiger partial charge in [-0.2, -0.15) is 4.31 Å². The van der Waals surface area contributed by atoms with Crippen molar-refractivity contribution in [1.82, 2.24) is 4.31 Å². The number of amides is 1. The van der Waals surface area contributed by atoms with E-state index in [0.717, 1.165) is 18.5 Å². The van der Waals surface area contributed by atoms with E-state index in [1.807, 2.05) is 6.92 Å². The van der Waals surface area contributed by atoms with Crippen molar-refractivity contribution in [3.63, 3.8) is 0 Å². The van der Waals surface area contributed by atoms with Crippen molar-refractivity contribution < 1.29 is 13.2 Å². The minimum absolute atomic E-state index is 0.0853. The third-order valence-corrected chi connectivity index (χ3v) is 5.89. The fourth-order valence-corrected chi connectivity index (χ4v) is 3.77.